The first-order valence-corrected chi connectivity index (χ1v) is 7.47. The average Bonchev–Trinajstić information content (AvgIpc) is 2.61. The normalized spacial score (nSPS) is 10.3. The van der Waals surface area contributed by atoms with Gasteiger partial charge in [0.15, 0.2) is 5.96 Å². The third-order valence-corrected chi connectivity index (χ3v) is 3.12. The third kappa shape index (κ3) is 7.67. The van der Waals surface area contributed by atoms with Crippen molar-refractivity contribution in [2.45, 2.75) is 6.42 Å². The van der Waals surface area contributed by atoms with E-state index in [9.17, 15) is 4.79 Å². The topological polar surface area (TPSA) is 92.4 Å². The predicted octanol–water partition coefficient (Wildman–Crippen LogP) is 1.77. The largest absolute Gasteiger partial charge is 0.370 e. The van der Waals surface area contributed by atoms with E-state index in [1.165, 1.54) is 0 Å². The molecule has 0 aliphatic carbocycles. The Balaban J connectivity index is 0.00000312. The summed E-state index contributed by atoms with van der Waals surface area (Å²) in [6.07, 6.45) is 7.79. The van der Waals surface area contributed by atoms with Gasteiger partial charge in [0, 0.05) is 36.1 Å². The summed E-state index contributed by atoms with van der Waals surface area (Å²) in [5.41, 5.74) is 8.03. The molecule has 7 heteroatoms. The number of benzene rings is 1. The Labute approximate surface area is 164 Å². The van der Waals surface area contributed by atoms with Gasteiger partial charge in [-0.2, -0.15) is 0 Å². The van der Waals surface area contributed by atoms with E-state index in [0.717, 1.165) is 12.1 Å². The molecule has 2 aromatic rings. The fourth-order valence-electron chi connectivity index (χ4n) is 1.96. The van der Waals surface area contributed by atoms with Gasteiger partial charge in [-0.15, -0.1) is 30.4 Å². The standard InChI is InChI=1S/C18H19N5O.HI/c1-2-14-6-5-8-16(12-14)23-17(24)13-22-18(19)21-11-9-15-7-3-4-10-20-15;/h1,3-8,10,12H,9,11,13H2,(H,23,24)(H3,19,21,22);1H. The lowest BCUT2D eigenvalue weighted by atomic mass is 10.2. The zero-order valence-corrected chi connectivity index (χ0v) is 15.9. The van der Waals surface area contributed by atoms with Crippen molar-refractivity contribution in [3.8, 4) is 12.3 Å². The van der Waals surface area contributed by atoms with Crippen molar-refractivity contribution in [3.63, 3.8) is 0 Å². The van der Waals surface area contributed by atoms with Gasteiger partial charge in [-0.25, -0.2) is 4.99 Å². The number of guanidine groups is 1. The highest BCUT2D eigenvalue weighted by atomic mass is 127. The van der Waals surface area contributed by atoms with Gasteiger partial charge in [0.25, 0.3) is 0 Å². The number of amides is 1. The molecule has 4 N–H and O–H groups in total. The summed E-state index contributed by atoms with van der Waals surface area (Å²) in [5.74, 6) is 2.47. The smallest absolute Gasteiger partial charge is 0.246 e. The first-order chi connectivity index (χ1) is 11.7. The van der Waals surface area contributed by atoms with Crippen LogP contribution in [-0.2, 0) is 11.2 Å². The highest BCUT2D eigenvalue weighted by Gasteiger charge is 2.02. The SMILES string of the molecule is C#Cc1cccc(NC(=O)CN=C(N)NCCc2ccccn2)c1.I. The molecule has 0 saturated carbocycles. The second kappa shape index (κ2) is 11.0. The molecule has 0 unspecified atom stereocenters. The maximum atomic E-state index is 11.8. The minimum absolute atomic E-state index is 0. The van der Waals surface area contributed by atoms with Crippen LogP contribution in [0.4, 0.5) is 5.69 Å². The number of pyridine rings is 1. The molecule has 25 heavy (non-hydrogen) atoms. The van der Waals surface area contributed by atoms with Gasteiger partial charge in [0.1, 0.15) is 6.54 Å². The fourth-order valence-corrected chi connectivity index (χ4v) is 1.96. The van der Waals surface area contributed by atoms with Crippen LogP contribution in [0.3, 0.4) is 0 Å². The van der Waals surface area contributed by atoms with Crippen LogP contribution in [0.25, 0.3) is 0 Å². The number of anilines is 1. The number of nitrogens with two attached hydrogens (primary N) is 1. The monoisotopic (exact) mass is 449 g/mol. The Hall–Kier alpha value is -2.60. The van der Waals surface area contributed by atoms with Crippen molar-refractivity contribution >= 4 is 41.5 Å². The number of carbonyl (C=O) groups excluding carboxylic acids is 1. The van der Waals surface area contributed by atoms with Crippen LogP contribution < -0.4 is 16.4 Å². The van der Waals surface area contributed by atoms with Crippen LogP contribution in [0.2, 0.25) is 0 Å². The molecule has 2 rings (SSSR count). The van der Waals surface area contributed by atoms with Crippen LogP contribution in [0, 0.1) is 12.3 Å². The number of rotatable bonds is 6. The van der Waals surface area contributed by atoms with Gasteiger partial charge in [0.05, 0.1) is 0 Å². The summed E-state index contributed by atoms with van der Waals surface area (Å²) in [6.45, 7) is 0.529. The quantitative estimate of drug-likeness (QED) is 0.271. The molecule has 0 fully saturated rings. The Kier molecular flexibility index (Phi) is 9.03. The van der Waals surface area contributed by atoms with E-state index in [-0.39, 0.29) is 42.4 Å². The molecular formula is C18H20IN5O. The molecule has 0 radical (unpaired) electrons. The van der Waals surface area contributed by atoms with E-state index in [1.807, 2.05) is 18.2 Å². The Bertz CT molecular complexity index is 756. The summed E-state index contributed by atoms with van der Waals surface area (Å²) < 4.78 is 0. The number of nitrogens with zero attached hydrogens (tertiary/aromatic N) is 2. The molecule has 1 amide bonds. The second-order valence-corrected chi connectivity index (χ2v) is 4.97. The Morgan fingerprint density at radius 1 is 1.28 bits per heavy atom. The number of aromatic nitrogens is 1. The molecule has 0 spiro atoms. The molecular weight excluding hydrogens is 429 g/mol. The molecule has 0 aliphatic rings. The van der Waals surface area contributed by atoms with E-state index >= 15 is 0 Å². The van der Waals surface area contributed by atoms with Crippen molar-refractivity contribution in [2.75, 3.05) is 18.4 Å². The van der Waals surface area contributed by atoms with Crippen LogP contribution in [0.1, 0.15) is 11.3 Å². The maximum absolute atomic E-state index is 11.8. The van der Waals surface area contributed by atoms with E-state index in [2.05, 4.69) is 26.5 Å². The molecule has 1 aromatic carbocycles. The van der Waals surface area contributed by atoms with E-state index in [0.29, 0.717) is 17.8 Å². The molecule has 0 aliphatic heterocycles. The molecule has 1 aromatic heterocycles. The predicted molar refractivity (Wildman–Crippen MR) is 111 cm³/mol. The van der Waals surface area contributed by atoms with Gasteiger partial charge >= 0.3 is 0 Å². The number of nitrogens with one attached hydrogen (secondary N) is 2. The maximum Gasteiger partial charge on any atom is 0.246 e. The molecule has 0 atom stereocenters. The second-order valence-electron chi connectivity index (χ2n) is 4.97. The molecule has 1 heterocycles. The van der Waals surface area contributed by atoms with Crippen molar-refractivity contribution in [2.24, 2.45) is 10.7 Å². The number of halogens is 1. The minimum Gasteiger partial charge on any atom is -0.370 e. The van der Waals surface area contributed by atoms with Gasteiger partial charge in [-0.1, -0.05) is 18.1 Å². The van der Waals surface area contributed by atoms with Gasteiger partial charge in [-0.3, -0.25) is 9.78 Å². The zero-order chi connectivity index (χ0) is 17.2. The summed E-state index contributed by atoms with van der Waals surface area (Å²) in [7, 11) is 0. The summed E-state index contributed by atoms with van der Waals surface area (Å²) in [5, 5.41) is 5.67. The van der Waals surface area contributed by atoms with E-state index < -0.39 is 0 Å². The van der Waals surface area contributed by atoms with Gasteiger partial charge < -0.3 is 16.4 Å². The van der Waals surface area contributed by atoms with E-state index in [4.69, 9.17) is 12.2 Å². The number of hydrogen-bond donors (Lipinski definition) is 3. The lowest BCUT2D eigenvalue weighted by Gasteiger charge is -2.06. The molecule has 0 saturated heterocycles. The summed E-state index contributed by atoms with van der Waals surface area (Å²) in [4.78, 5) is 20.1. The third-order valence-electron chi connectivity index (χ3n) is 3.12. The van der Waals surface area contributed by atoms with Crippen molar-refractivity contribution < 1.29 is 4.79 Å². The number of hydrogen-bond acceptors (Lipinski definition) is 3. The molecule has 6 nitrogen and oxygen atoms in total. The first-order valence-electron chi connectivity index (χ1n) is 7.47. The Morgan fingerprint density at radius 3 is 2.84 bits per heavy atom. The fraction of sp³-hybridized carbons (Fsp3) is 0.167. The van der Waals surface area contributed by atoms with Crippen LogP contribution >= 0.6 is 24.0 Å². The van der Waals surface area contributed by atoms with Crippen molar-refractivity contribution in [3.05, 3.63) is 59.9 Å². The summed E-state index contributed by atoms with van der Waals surface area (Å²) >= 11 is 0. The highest BCUT2D eigenvalue weighted by molar-refractivity contribution is 14.0. The lowest BCUT2D eigenvalue weighted by Crippen LogP contribution is -2.34. The highest BCUT2D eigenvalue weighted by Crippen LogP contribution is 2.09. The minimum atomic E-state index is -0.265. The van der Waals surface area contributed by atoms with Crippen LogP contribution in [0.5, 0.6) is 0 Å². The number of carbonyl (C=O) groups is 1. The average molecular weight is 449 g/mol. The number of terminal acetylenes is 1. The zero-order valence-electron chi connectivity index (χ0n) is 13.6. The van der Waals surface area contributed by atoms with Crippen LogP contribution in [-0.4, -0.2) is 29.9 Å². The first kappa shape index (κ1) is 20.4. The van der Waals surface area contributed by atoms with Gasteiger partial charge in [-0.05, 0) is 30.3 Å². The van der Waals surface area contributed by atoms with Crippen molar-refractivity contribution in [1.82, 2.24) is 10.3 Å². The Morgan fingerprint density at radius 2 is 2.12 bits per heavy atom. The van der Waals surface area contributed by atoms with Gasteiger partial charge in [0.2, 0.25) is 5.91 Å². The number of aliphatic imine (C=N–C) groups is 1. The van der Waals surface area contributed by atoms with Crippen LogP contribution in [0.15, 0.2) is 53.7 Å². The molecule has 130 valence electrons. The van der Waals surface area contributed by atoms with Crippen molar-refractivity contribution in [1.29, 1.82) is 0 Å². The van der Waals surface area contributed by atoms with E-state index in [1.54, 1.807) is 30.5 Å². The summed E-state index contributed by atoms with van der Waals surface area (Å²) in [6, 6.07) is 12.8. The lowest BCUT2D eigenvalue weighted by molar-refractivity contribution is -0.114. The molecule has 0 bridgehead atoms.